The maximum Gasteiger partial charge on any atom is 0.307 e. The third kappa shape index (κ3) is 4.53. The fourth-order valence-electron chi connectivity index (χ4n) is 2.05. The lowest BCUT2D eigenvalue weighted by molar-refractivity contribution is -0.136. The van der Waals surface area contributed by atoms with Gasteiger partial charge in [-0.15, -0.1) is 0 Å². The lowest BCUT2D eigenvalue weighted by Gasteiger charge is -2.14. The zero-order chi connectivity index (χ0) is 15.2. The van der Waals surface area contributed by atoms with Crippen LogP contribution in [0.25, 0.3) is 0 Å². The molecule has 21 heavy (non-hydrogen) atoms. The van der Waals surface area contributed by atoms with Gasteiger partial charge in [-0.25, -0.2) is 0 Å². The molecule has 0 fully saturated rings. The maximum absolute atomic E-state index is 10.6. The summed E-state index contributed by atoms with van der Waals surface area (Å²) in [6, 6.07) is 15.9. The summed E-state index contributed by atoms with van der Waals surface area (Å²) in [5, 5.41) is 12.1. The molecule has 0 aliphatic heterocycles. The van der Waals surface area contributed by atoms with Crippen LogP contribution >= 0.6 is 0 Å². The van der Waals surface area contributed by atoms with E-state index in [9.17, 15) is 4.79 Å². The number of carboxylic acids is 1. The quantitative estimate of drug-likeness (QED) is 0.856. The van der Waals surface area contributed by atoms with Crippen molar-refractivity contribution in [2.75, 3.05) is 24.3 Å². The fraction of sp³-hybridized carbons (Fsp3) is 0.235. The number of hydrogen-bond acceptors (Lipinski definition) is 3. The number of hydrogen-bond donors (Lipinski definition) is 2. The molecule has 0 heterocycles. The second kappa shape index (κ2) is 6.79. The van der Waals surface area contributed by atoms with Gasteiger partial charge in [0.05, 0.1) is 6.42 Å². The van der Waals surface area contributed by atoms with Crippen LogP contribution in [0.2, 0.25) is 0 Å². The third-order valence-corrected chi connectivity index (χ3v) is 3.24. The van der Waals surface area contributed by atoms with E-state index < -0.39 is 5.97 Å². The predicted octanol–water partition coefficient (Wildman–Crippen LogP) is 2.99. The molecule has 2 N–H and O–H groups in total. The molecule has 2 aromatic carbocycles. The molecule has 4 nitrogen and oxygen atoms in total. The average Bonchev–Trinajstić information content (AvgIpc) is 2.46. The van der Waals surface area contributed by atoms with E-state index in [-0.39, 0.29) is 6.42 Å². The van der Waals surface area contributed by atoms with Crippen molar-refractivity contribution in [2.45, 2.75) is 13.0 Å². The lowest BCUT2D eigenvalue weighted by Crippen LogP contribution is -2.09. The summed E-state index contributed by atoms with van der Waals surface area (Å²) in [4.78, 5) is 12.7. The minimum atomic E-state index is -0.804. The first kappa shape index (κ1) is 14.9. The number of anilines is 2. The van der Waals surface area contributed by atoms with Gasteiger partial charge in [-0.3, -0.25) is 4.79 Å². The van der Waals surface area contributed by atoms with Crippen LogP contribution in [-0.2, 0) is 17.8 Å². The van der Waals surface area contributed by atoms with E-state index in [2.05, 4.69) is 22.3 Å². The van der Waals surface area contributed by atoms with Gasteiger partial charge >= 0.3 is 5.97 Å². The number of nitrogens with zero attached hydrogens (tertiary/aromatic N) is 1. The van der Waals surface area contributed by atoms with Gasteiger partial charge in [-0.05, 0) is 29.3 Å². The smallest absolute Gasteiger partial charge is 0.307 e. The first-order valence-corrected chi connectivity index (χ1v) is 6.85. The summed E-state index contributed by atoms with van der Waals surface area (Å²) in [7, 11) is 4.03. The SMILES string of the molecule is CN(C)c1cccc(NCc2ccc(CC(=O)O)cc2)c1. The number of aliphatic carboxylic acids is 1. The highest BCUT2D eigenvalue weighted by atomic mass is 16.4. The van der Waals surface area contributed by atoms with Crippen LogP contribution < -0.4 is 10.2 Å². The first-order valence-electron chi connectivity index (χ1n) is 6.85. The molecule has 0 amide bonds. The van der Waals surface area contributed by atoms with Crippen LogP contribution in [0.3, 0.4) is 0 Å². The molecule has 110 valence electrons. The van der Waals surface area contributed by atoms with Crippen molar-refractivity contribution >= 4 is 17.3 Å². The van der Waals surface area contributed by atoms with Crippen LogP contribution in [0.4, 0.5) is 11.4 Å². The summed E-state index contributed by atoms with van der Waals surface area (Å²) >= 11 is 0. The molecule has 0 spiro atoms. The zero-order valence-corrected chi connectivity index (χ0v) is 12.3. The Kier molecular flexibility index (Phi) is 4.82. The minimum absolute atomic E-state index is 0.0680. The van der Waals surface area contributed by atoms with Gasteiger partial charge in [0.1, 0.15) is 0 Å². The van der Waals surface area contributed by atoms with Crippen LogP contribution in [0.5, 0.6) is 0 Å². The largest absolute Gasteiger partial charge is 0.481 e. The fourth-order valence-corrected chi connectivity index (χ4v) is 2.05. The van der Waals surface area contributed by atoms with E-state index in [0.717, 1.165) is 22.5 Å². The summed E-state index contributed by atoms with van der Waals surface area (Å²) < 4.78 is 0. The number of carbonyl (C=O) groups is 1. The van der Waals surface area contributed by atoms with Gasteiger partial charge in [0.25, 0.3) is 0 Å². The Bertz CT molecular complexity index is 606. The van der Waals surface area contributed by atoms with Crippen LogP contribution in [0.1, 0.15) is 11.1 Å². The van der Waals surface area contributed by atoms with Crippen LogP contribution in [-0.4, -0.2) is 25.2 Å². The topological polar surface area (TPSA) is 52.6 Å². The van der Waals surface area contributed by atoms with Gasteiger partial charge < -0.3 is 15.3 Å². The lowest BCUT2D eigenvalue weighted by atomic mass is 10.1. The number of benzene rings is 2. The normalized spacial score (nSPS) is 10.2. The highest BCUT2D eigenvalue weighted by Gasteiger charge is 2.01. The molecule has 0 aliphatic carbocycles. The second-order valence-electron chi connectivity index (χ2n) is 5.19. The van der Waals surface area contributed by atoms with Gasteiger partial charge in [-0.1, -0.05) is 30.3 Å². The van der Waals surface area contributed by atoms with Crippen molar-refractivity contribution < 1.29 is 9.90 Å². The Labute approximate surface area is 125 Å². The molecule has 2 aromatic rings. The van der Waals surface area contributed by atoms with Crippen molar-refractivity contribution in [1.29, 1.82) is 0 Å². The molecule has 0 aliphatic rings. The highest BCUT2D eigenvalue weighted by Crippen LogP contribution is 2.18. The summed E-state index contributed by atoms with van der Waals surface area (Å²) in [6.07, 6.45) is 0.0680. The second-order valence-corrected chi connectivity index (χ2v) is 5.19. The van der Waals surface area contributed by atoms with E-state index in [1.807, 2.05) is 50.5 Å². The van der Waals surface area contributed by atoms with Crippen LogP contribution in [0.15, 0.2) is 48.5 Å². The van der Waals surface area contributed by atoms with Crippen molar-refractivity contribution in [3.05, 3.63) is 59.7 Å². The van der Waals surface area contributed by atoms with E-state index in [1.54, 1.807) is 0 Å². The molecular formula is C17H20N2O2. The highest BCUT2D eigenvalue weighted by molar-refractivity contribution is 5.70. The number of carboxylic acid groups (broad SMARTS) is 1. The van der Waals surface area contributed by atoms with Crippen molar-refractivity contribution in [1.82, 2.24) is 0 Å². The Morgan fingerprint density at radius 2 is 1.76 bits per heavy atom. The van der Waals surface area contributed by atoms with E-state index in [0.29, 0.717) is 6.54 Å². The molecule has 0 radical (unpaired) electrons. The Morgan fingerprint density at radius 1 is 1.10 bits per heavy atom. The summed E-state index contributed by atoms with van der Waals surface area (Å²) in [5.74, 6) is -0.804. The molecule has 0 aromatic heterocycles. The number of nitrogens with one attached hydrogen (secondary N) is 1. The third-order valence-electron chi connectivity index (χ3n) is 3.24. The Morgan fingerprint density at radius 3 is 2.38 bits per heavy atom. The average molecular weight is 284 g/mol. The maximum atomic E-state index is 10.6. The molecule has 0 atom stereocenters. The Balaban J connectivity index is 1.96. The first-order chi connectivity index (χ1) is 10.0. The summed E-state index contributed by atoms with van der Waals surface area (Å²) in [6.45, 7) is 0.713. The van der Waals surface area contributed by atoms with E-state index in [4.69, 9.17) is 5.11 Å². The van der Waals surface area contributed by atoms with Crippen molar-refractivity contribution in [3.8, 4) is 0 Å². The van der Waals surface area contributed by atoms with Crippen molar-refractivity contribution in [2.24, 2.45) is 0 Å². The van der Waals surface area contributed by atoms with E-state index >= 15 is 0 Å². The van der Waals surface area contributed by atoms with Gasteiger partial charge in [0.2, 0.25) is 0 Å². The van der Waals surface area contributed by atoms with Gasteiger partial charge in [0.15, 0.2) is 0 Å². The molecule has 0 saturated carbocycles. The molecule has 0 bridgehead atoms. The van der Waals surface area contributed by atoms with Crippen LogP contribution in [0, 0.1) is 0 Å². The Hall–Kier alpha value is -2.49. The zero-order valence-electron chi connectivity index (χ0n) is 12.3. The minimum Gasteiger partial charge on any atom is -0.481 e. The molecule has 0 unspecified atom stereocenters. The predicted molar refractivity (Wildman–Crippen MR) is 85.9 cm³/mol. The monoisotopic (exact) mass is 284 g/mol. The molecule has 4 heteroatoms. The molecule has 2 rings (SSSR count). The van der Waals surface area contributed by atoms with Gasteiger partial charge in [-0.2, -0.15) is 0 Å². The molecule has 0 saturated heterocycles. The summed E-state index contributed by atoms with van der Waals surface area (Å²) in [5.41, 5.74) is 4.16. The van der Waals surface area contributed by atoms with E-state index in [1.165, 1.54) is 0 Å². The van der Waals surface area contributed by atoms with Crippen molar-refractivity contribution in [3.63, 3.8) is 0 Å². The standard InChI is InChI=1S/C17H20N2O2/c1-19(2)16-5-3-4-15(11-16)18-12-14-8-6-13(7-9-14)10-17(20)21/h3-9,11,18H,10,12H2,1-2H3,(H,20,21). The van der Waals surface area contributed by atoms with Gasteiger partial charge in [0, 0.05) is 32.0 Å². The molecular weight excluding hydrogens is 264 g/mol. The number of rotatable bonds is 6.